The molecule has 0 spiro atoms. The van der Waals surface area contributed by atoms with Crippen molar-refractivity contribution >= 4 is 11.6 Å². The largest absolute Gasteiger partial charge is 0.379 e. The molecule has 1 fully saturated rings. The molecule has 1 unspecified atom stereocenters. The van der Waals surface area contributed by atoms with Crippen LogP contribution in [0.4, 0.5) is 0 Å². The number of benzene rings is 3. The number of hydrogen-bond acceptors (Lipinski definition) is 2. The van der Waals surface area contributed by atoms with Crippen molar-refractivity contribution in [3.63, 3.8) is 0 Å². The first-order chi connectivity index (χ1) is 15.6. The van der Waals surface area contributed by atoms with Gasteiger partial charge >= 0.3 is 0 Å². The highest BCUT2D eigenvalue weighted by Gasteiger charge is 2.29. The predicted octanol–water partition coefficient (Wildman–Crippen LogP) is 6.51. The van der Waals surface area contributed by atoms with Crippen molar-refractivity contribution in [3.8, 4) is 0 Å². The average Bonchev–Trinajstić information content (AvgIpc) is 2.81. The fourth-order valence-corrected chi connectivity index (χ4v) is 4.78. The zero-order valence-corrected chi connectivity index (χ0v) is 19.9. The van der Waals surface area contributed by atoms with E-state index in [1.165, 1.54) is 28.2 Å². The van der Waals surface area contributed by atoms with Crippen LogP contribution in [-0.4, -0.2) is 37.7 Å². The third-order valence-electron chi connectivity index (χ3n) is 6.42. The van der Waals surface area contributed by atoms with E-state index in [4.69, 9.17) is 16.3 Å². The molecule has 0 amide bonds. The highest BCUT2D eigenvalue weighted by Crippen LogP contribution is 2.38. The van der Waals surface area contributed by atoms with Crippen LogP contribution < -0.4 is 0 Å². The number of aryl methyl sites for hydroxylation is 3. The Balaban J connectivity index is 1.67. The third kappa shape index (κ3) is 6.01. The maximum Gasteiger partial charge on any atom is 0.0594 e. The number of morpholine rings is 1. The quantitative estimate of drug-likeness (QED) is 0.391. The molecule has 1 aliphatic heterocycles. The Morgan fingerprint density at radius 3 is 2.16 bits per heavy atom. The van der Waals surface area contributed by atoms with E-state index in [1.807, 2.05) is 12.1 Å². The first-order valence-electron chi connectivity index (χ1n) is 11.6. The summed E-state index contributed by atoms with van der Waals surface area (Å²) in [6.45, 7) is 8.92. The van der Waals surface area contributed by atoms with Gasteiger partial charge in [0.15, 0.2) is 0 Å². The Morgan fingerprint density at radius 2 is 1.50 bits per heavy atom. The van der Waals surface area contributed by atoms with Gasteiger partial charge in [0.05, 0.1) is 13.2 Å². The molecule has 0 saturated carbocycles. The summed E-state index contributed by atoms with van der Waals surface area (Å²) >= 11 is 6.77. The normalized spacial score (nSPS) is 15.8. The van der Waals surface area contributed by atoms with Gasteiger partial charge in [-0.2, -0.15) is 0 Å². The van der Waals surface area contributed by atoms with Crippen molar-refractivity contribution in [2.75, 3.05) is 32.8 Å². The van der Waals surface area contributed by atoms with Gasteiger partial charge in [-0.3, -0.25) is 4.90 Å². The molecule has 0 N–H and O–H groups in total. The van der Waals surface area contributed by atoms with Crippen LogP contribution in [0.1, 0.15) is 34.2 Å². The van der Waals surface area contributed by atoms with Crippen molar-refractivity contribution < 1.29 is 4.74 Å². The standard InChI is InChI=1S/C29H33ClNO/c1-22-7-11-24(12-8-22)13-16-26(21-31-17-19-32-20-18-31)29(25-14-9-23(2)10-15-25)27-5-3-4-6-28(27)30/h3-12,14-15,26H,13,16-21H2,1-2H3. The molecule has 4 rings (SSSR count). The fraction of sp³-hybridized carbons (Fsp3) is 0.345. The van der Waals surface area contributed by atoms with E-state index in [2.05, 4.69) is 79.4 Å². The smallest absolute Gasteiger partial charge is 0.0594 e. The fourth-order valence-electron chi connectivity index (χ4n) is 4.54. The van der Waals surface area contributed by atoms with Gasteiger partial charge in [0, 0.05) is 30.6 Å². The summed E-state index contributed by atoms with van der Waals surface area (Å²) in [7, 11) is 0. The average molecular weight is 447 g/mol. The van der Waals surface area contributed by atoms with Crippen LogP contribution in [-0.2, 0) is 11.2 Å². The second-order valence-electron chi connectivity index (χ2n) is 8.89. The summed E-state index contributed by atoms with van der Waals surface area (Å²) < 4.78 is 5.61. The highest BCUT2D eigenvalue weighted by atomic mass is 35.5. The second kappa shape index (κ2) is 11.1. The van der Waals surface area contributed by atoms with Crippen LogP contribution in [0, 0.1) is 25.7 Å². The summed E-state index contributed by atoms with van der Waals surface area (Å²) in [5, 5.41) is 0.824. The Kier molecular flexibility index (Phi) is 8.02. The summed E-state index contributed by atoms with van der Waals surface area (Å²) in [4.78, 5) is 2.55. The molecule has 2 nitrogen and oxygen atoms in total. The van der Waals surface area contributed by atoms with Crippen molar-refractivity contribution in [3.05, 3.63) is 112 Å². The number of hydrogen-bond donors (Lipinski definition) is 0. The minimum atomic E-state index is 0.372. The molecule has 3 heteroatoms. The van der Waals surface area contributed by atoms with Gasteiger partial charge < -0.3 is 4.74 Å². The lowest BCUT2D eigenvalue weighted by molar-refractivity contribution is 0.0315. The minimum Gasteiger partial charge on any atom is -0.379 e. The van der Waals surface area contributed by atoms with Crippen molar-refractivity contribution in [1.82, 2.24) is 4.90 Å². The van der Waals surface area contributed by atoms with Gasteiger partial charge in [-0.05, 0) is 55.4 Å². The van der Waals surface area contributed by atoms with Gasteiger partial charge in [0.1, 0.15) is 0 Å². The molecule has 1 heterocycles. The molecule has 0 aromatic heterocycles. The van der Waals surface area contributed by atoms with Crippen LogP contribution in [0.15, 0.2) is 72.8 Å². The Hall–Kier alpha value is -2.13. The van der Waals surface area contributed by atoms with Crippen LogP contribution in [0.25, 0.3) is 0 Å². The van der Waals surface area contributed by atoms with E-state index < -0.39 is 0 Å². The van der Waals surface area contributed by atoms with Gasteiger partial charge in [-0.1, -0.05) is 89.5 Å². The molecule has 167 valence electrons. The second-order valence-corrected chi connectivity index (χ2v) is 9.30. The van der Waals surface area contributed by atoms with Crippen molar-refractivity contribution in [1.29, 1.82) is 0 Å². The number of nitrogens with zero attached hydrogens (tertiary/aromatic N) is 1. The topological polar surface area (TPSA) is 12.5 Å². The summed E-state index contributed by atoms with van der Waals surface area (Å²) in [5.74, 6) is 1.73. The van der Waals surface area contributed by atoms with Crippen LogP contribution in [0.3, 0.4) is 0 Å². The summed E-state index contributed by atoms with van der Waals surface area (Å²) in [6, 6.07) is 26.2. The molecule has 32 heavy (non-hydrogen) atoms. The number of halogens is 1. The van der Waals surface area contributed by atoms with Gasteiger partial charge in [-0.25, -0.2) is 0 Å². The Labute approximate surface area is 198 Å². The van der Waals surface area contributed by atoms with E-state index >= 15 is 0 Å². The Morgan fingerprint density at radius 1 is 0.875 bits per heavy atom. The number of rotatable bonds is 8. The molecule has 3 aromatic carbocycles. The summed E-state index contributed by atoms with van der Waals surface area (Å²) in [5.41, 5.74) is 6.40. The highest BCUT2D eigenvalue weighted by molar-refractivity contribution is 6.31. The summed E-state index contributed by atoms with van der Waals surface area (Å²) in [6.07, 6.45) is 2.13. The van der Waals surface area contributed by atoms with Crippen molar-refractivity contribution in [2.45, 2.75) is 26.7 Å². The molecule has 0 bridgehead atoms. The maximum atomic E-state index is 6.77. The van der Waals surface area contributed by atoms with Crippen molar-refractivity contribution in [2.24, 2.45) is 5.92 Å². The molecule has 1 radical (unpaired) electrons. The molecule has 3 aromatic rings. The SMILES string of the molecule is Cc1ccc(CCC(CN2CCOCC2)[C](c2ccc(C)cc2)c2ccccc2Cl)cc1. The van der Waals surface area contributed by atoms with Crippen LogP contribution in [0.2, 0.25) is 5.02 Å². The van der Waals surface area contributed by atoms with Crippen LogP contribution >= 0.6 is 11.6 Å². The molecular formula is C29H33ClNO. The molecule has 1 atom stereocenters. The Bertz CT molecular complexity index is 977. The van der Waals surface area contributed by atoms with E-state index in [-0.39, 0.29) is 0 Å². The molecular weight excluding hydrogens is 414 g/mol. The van der Waals surface area contributed by atoms with E-state index in [1.54, 1.807) is 0 Å². The van der Waals surface area contributed by atoms with Gasteiger partial charge in [0.25, 0.3) is 0 Å². The van der Waals surface area contributed by atoms with E-state index in [0.29, 0.717) is 5.92 Å². The molecule has 1 saturated heterocycles. The third-order valence-corrected chi connectivity index (χ3v) is 6.75. The molecule has 1 aliphatic rings. The van der Waals surface area contributed by atoms with Gasteiger partial charge in [-0.15, -0.1) is 0 Å². The van der Waals surface area contributed by atoms with E-state index in [0.717, 1.165) is 56.3 Å². The first-order valence-corrected chi connectivity index (χ1v) is 12.0. The monoisotopic (exact) mass is 446 g/mol. The predicted molar refractivity (Wildman–Crippen MR) is 134 cm³/mol. The minimum absolute atomic E-state index is 0.372. The van der Waals surface area contributed by atoms with Gasteiger partial charge in [0.2, 0.25) is 0 Å². The number of ether oxygens (including phenoxy) is 1. The zero-order valence-electron chi connectivity index (χ0n) is 19.2. The van der Waals surface area contributed by atoms with E-state index in [9.17, 15) is 0 Å². The zero-order chi connectivity index (χ0) is 22.3. The lowest BCUT2D eigenvalue weighted by atomic mass is 9.77. The molecule has 0 aliphatic carbocycles. The maximum absolute atomic E-state index is 6.77. The lowest BCUT2D eigenvalue weighted by Gasteiger charge is -2.35. The first kappa shape index (κ1) is 23.0. The lowest BCUT2D eigenvalue weighted by Crippen LogP contribution is -2.41. The van der Waals surface area contributed by atoms with Crippen LogP contribution in [0.5, 0.6) is 0 Å².